The van der Waals surface area contributed by atoms with Crippen LogP contribution in [0.3, 0.4) is 0 Å². The predicted octanol–water partition coefficient (Wildman–Crippen LogP) is 9.38. The van der Waals surface area contributed by atoms with Gasteiger partial charge < -0.3 is 0 Å². The van der Waals surface area contributed by atoms with Gasteiger partial charge in [-0.1, -0.05) is 138 Å². The molecule has 0 amide bonds. The third-order valence-electron chi connectivity index (χ3n) is 5.11. The van der Waals surface area contributed by atoms with Gasteiger partial charge >= 0.3 is 0 Å². The SMILES string of the molecule is C=C/C=C(\C=C/C)C1(C(/C=C\C)=C/C=C)c2ccccc2-c2ccccc21.CC.CC. The van der Waals surface area contributed by atoms with Gasteiger partial charge in [-0.05, 0) is 47.2 Å². The molecule has 1 aliphatic rings. The third-order valence-corrected chi connectivity index (χ3v) is 5.11. The van der Waals surface area contributed by atoms with Crippen molar-refractivity contribution in [2.75, 3.05) is 0 Å². The van der Waals surface area contributed by atoms with E-state index in [0.717, 1.165) is 0 Å². The van der Waals surface area contributed by atoms with Crippen LogP contribution in [0.15, 0.2) is 121 Å². The molecule has 1 aliphatic carbocycles. The summed E-state index contributed by atoms with van der Waals surface area (Å²) < 4.78 is 0. The van der Waals surface area contributed by atoms with Gasteiger partial charge in [0.05, 0.1) is 5.41 Å². The van der Waals surface area contributed by atoms with Crippen LogP contribution in [-0.2, 0) is 5.41 Å². The minimum absolute atomic E-state index is 0.394. The van der Waals surface area contributed by atoms with Crippen LogP contribution in [0.25, 0.3) is 11.1 Å². The number of hydrogen-bond donors (Lipinski definition) is 0. The molecule has 0 aliphatic heterocycles. The Morgan fingerprint density at radius 3 is 1.32 bits per heavy atom. The molecule has 0 heterocycles. The summed E-state index contributed by atoms with van der Waals surface area (Å²) in [4.78, 5) is 0. The average molecular weight is 411 g/mol. The molecule has 31 heavy (non-hydrogen) atoms. The summed E-state index contributed by atoms with van der Waals surface area (Å²) in [6, 6.07) is 17.4. The molecule has 0 saturated carbocycles. The van der Waals surface area contributed by atoms with Crippen LogP contribution in [-0.4, -0.2) is 0 Å². The second kappa shape index (κ2) is 13.2. The van der Waals surface area contributed by atoms with Crippen LogP contribution in [0.2, 0.25) is 0 Å². The molecule has 162 valence electrons. The Labute approximate surface area is 190 Å². The van der Waals surface area contributed by atoms with E-state index < -0.39 is 5.41 Å². The Morgan fingerprint density at radius 2 is 1.00 bits per heavy atom. The largest absolute Gasteiger partial charge is 0.0991 e. The van der Waals surface area contributed by atoms with E-state index in [1.165, 1.54) is 33.4 Å². The van der Waals surface area contributed by atoms with Crippen LogP contribution >= 0.6 is 0 Å². The van der Waals surface area contributed by atoms with Crippen molar-refractivity contribution in [2.24, 2.45) is 0 Å². The van der Waals surface area contributed by atoms with Crippen molar-refractivity contribution in [3.05, 3.63) is 133 Å². The van der Waals surface area contributed by atoms with Crippen molar-refractivity contribution in [1.82, 2.24) is 0 Å². The zero-order chi connectivity index (χ0) is 23.3. The summed E-state index contributed by atoms with van der Waals surface area (Å²) in [5.74, 6) is 0. The highest BCUT2D eigenvalue weighted by atomic mass is 14.5. The third kappa shape index (κ3) is 4.80. The van der Waals surface area contributed by atoms with Crippen LogP contribution in [0.5, 0.6) is 0 Å². The maximum atomic E-state index is 3.98. The lowest BCUT2D eigenvalue weighted by molar-refractivity contribution is 0.765. The van der Waals surface area contributed by atoms with E-state index in [2.05, 4.69) is 112 Å². The normalized spacial score (nSPS) is 14.1. The topological polar surface area (TPSA) is 0 Å². The summed E-state index contributed by atoms with van der Waals surface area (Å²) in [7, 11) is 0. The molecular formula is C31H38. The number of hydrogen-bond acceptors (Lipinski definition) is 0. The van der Waals surface area contributed by atoms with Gasteiger partial charge in [0.2, 0.25) is 0 Å². The van der Waals surface area contributed by atoms with E-state index >= 15 is 0 Å². The van der Waals surface area contributed by atoms with Gasteiger partial charge in [0.15, 0.2) is 0 Å². The maximum Gasteiger partial charge on any atom is 0.0713 e. The number of fused-ring (bicyclic) bond motifs is 3. The fourth-order valence-electron chi connectivity index (χ4n) is 4.25. The molecule has 0 fully saturated rings. The summed E-state index contributed by atoms with van der Waals surface area (Å²) >= 11 is 0. The van der Waals surface area contributed by atoms with Gasteiger partial charge in [0.1, 0.15) is 0 Å². The summed E-state index contributed by atoms with van der Waals surface area (Å²) in [6.07, 6.45) is 16.6. The molecule has 0 atom stereocenters. The highest BCUT2D eigenvalue weighted by Crippen LogP contribution is 2.57. The van der Waals surface area contributed by atoms with E-state index in [-0.39, 0.29) is 0 Å². The summed E-state index contributed by atoms with van der Waals surface area (Å²) in [5, 5.41) is 0. The minimum Gasteiger partial charge on any atom is -0.0991 e. The first-order valence-electron chi connectivity index (χ1n) is 11.4. The predicted molar refractivity (Wildman–Crippen MR) is 142 cm³/mol. The minimum atomic E-state index is -0.394. The monoisotopic (exact) mass is 410 g/mol. The average Bonchev–Trinajstić information content (AvgIpc) is 3.13. The molecule has 0 unspecified atom stereocenters. The second-order valence-corrected chi connectivity index (χ2v) is 6.56. The van der Waals surface area contributed by atoms with E-state index in [9.17, 15) is 0 Å². The van der Waals surface area contributed by atoms with Crippen molar-refractivity contribution >= 4 is 0 Å². The molecule has 0 spiro atoms. The molecule has 0 saturated heterocycles. The number of benzene rings is 2. The van der Waals surface area contributed by atoms with E-state index in [1.54, 1.807) is 0 Å². The van der Waals surface area contributed by atoms with Crippen LogP contribution in [0.4, 0.5) is 0 Å². The molecule has 3 rings (SSSR count). The zero-order valence-corrected chi connectivity index (χ0v) is 20.2. The Bertz CT molecular complexity index is 895. The first-order valence-corrected chi connectivity index (χ1v) is 11.4. The molecule has 0 heteroatoms. The second-order valence-electron chi connectivity index (χ2n) is 6.56. The molecule has 0 radical (unpaired) electrons. The van der Waals surface area contributed by atoms with E-state index in [4.69, 9.17) is 0 Å². The zero-order valence-electron chi connectivity index (χ0n) is 20.2. The first kappa shape index (κ1) is 25.9. The molecule has 0 nitrogen and oxygen atoms in total. The highest BCUT2D eigenvalue weighted by Gasteiger charge is 2.46. The lowest BCUT2D eigenvalue weighted by atomic mass is 9.66. The van der Waals surface area contributed by atoms with Crippen LogP contribution in [0, 0.1) is 0 Å². The molecule has 0 aromatic heterocycles. The van der Waals surface area contributed by atoms with Crippen LogP contribution in [0.1, 0.15) is 52.7 Å². The van der Waals surface area contributed by atoms with Crippen molar-refractivity contribution in [1.29, 1.82) is 0 Å². The Morgan fingerprint density at radius 1 is 0.645 bits per heavy atom. The highest BCUT2D eigenvalue weighted by molar-refractivity contribution is 5.87. The summed E-state index contributed by atoms with van der Waals surface area (Å²) in [6.45, 7) is 20.1. The molecule has 0 N–H and O–H groups in total. The Hall–Kier alpha value is -3.12. The quantitative estimate of drug-likeness (QED) is 0.416. The van der Waals surface area contributed by atoms with Gasteiger partial charge in [0.25, 0.3) is 0 Å². The Balaban J connectivity index is 0.00000113. The lowest BCUT2D eigenvalue weighted by Crippen LogP contribution is -2.29. The number of rotatable bonds is 6. The molecule has 2 aromatic rings. The van der Waals surface area contributed by atoms with Crippen molar-refractivity contribution in [2.45, 2.75) is 47.0 Å². The van der Waals surface area contributed by atoms with Crippen molar-refractivity contribution in [3.8, 4) is 11.1 Å². The summed E-state index contributed by atoms with van der Waals surface area (Å²) in [5.41, 5.74) is 7.16. The van der Waals surface area contributed by atoms with Crippen molar-refractivity contribution in [3.63, 3.8) is 0 Å². The van der Waals surface area contributed by atoms with Gasteiger partial charge in [-0.3, -0.25) is 0 Å². The maximum absolute atomic E-state index is 3.98. The fourth-order valence-corrected chi connectivity index (χ4v) is 4.25. The van der Waals surface area contributed by atoms with Gasteiger partial charge in [-0.25, -0.2) is 0 Å². The molecule has 0 bridgehead atoms. The lowest BCUT2D eigenvalue weighted by Gasteiger charge is -2.35. The number of allylic oxidation sites excluding steroid dienone is 10. The molecule has 2 aromatic carbocycles. The molecular weight excluding hydrogens is 372 g/mol. The van der Waals surface area contributed by atoms with Crippen molar-refractivity contribution < 1.29 is 0 Å². The smallest absolute Gasteiger partial charge is 0.0713 e. The standard InChI is InChI=1S/C27H26.2C2H6/c1-5-13-21(14-6-2)27(22(15-7-3)16-8-4)25-19-11-9-17-23(25)24-18-10-12-20-26(24)27;2*1-2/h5-20H,1,3H2,2,4H3;2*1-2H3/b14-6-,16-8-,21-13+,22-15+;;. The van der Waals surface area contributed by atoms with Gasteiger partial charge in [0, 0.05) is 0 Å². The van der Waals surface area contributed by atoms with Gasteiger partial charge in [-0.15, -0.1) is 0 Å². The van der Waals surface area contributed by atoms with Crippen LogP contribution < -0.4 is 0 Å². The first-order chi connectivity index (χ1) is 15.2. The van der Waals surface area contributed by atoms with Gasteiger partial charge in [-0.2, -0.15) is 0 Å². The van der Waals surface area contributed by atoms with E-state index in [1.807, 2.05) is 39.8 Å². The fraction of sp³-hybridized carbons (Fsp3) is 0.226. The Kier molecular flexibility index (Phi) is 11.1. The van der Waals surface area contributed by atoms with E-state index in [0.29, 0.717) is 0 Å².